The number of esters is 2. The van der Waals surface area contributed by atoms with E-state index >= 15 is 9.59 Å². The number of Topliss-reactive ketones (excluding diaryl/α,β-unsaturated/α-hetero) is 2. The van der Waals surface area contributed by atoms with Crippen molar-refractivity contribution in [2.24, 2.45) is 29.6 Å². The summed E-state index contributed by atoms with van der Waals surface area (Å²) in [5.74, 6) is -9.57. The minimum Gasteiger partial charge on any atom is -0.482 e. The number of ether oxygens (including phenoxy) is 9. The Hall–Kier alpha value is -6.18. The van der Waals surface area contributed by atoms with Crippen LogP contribution in [-0.4, -0.2) is 106 Å². The van der Waals surface area contributed by atoms with E-state index in [4.69, 9.17) is 42.6 Å². The number of ketones is 2. The molecule has 2 aromatic rings. The van der Waals surface area contributed by atoms with E-state index in [-0.39, 0.29) is 64.7 Å². The number of methoxy groups -OCH3 is 1. The molecule has 6 aliphatic rings. The summed E-state index contributed by atoms with van der Waals surface area (Å²) in [4.78, 5) is 59.7. The Bertz CT molecular complexity index is 2880. The first kappa shape index (κ1) is 56.0. The normalized spacial score (nSPS) is 32.6. The second-order valence-corrected chi connectivity index (χ2v) is 22.7. The van der Waals surface area contributed by atoms with Crippen LogP contribution in [-0.2, 0) is 39.7 Å². The molecule has 3 saturated heterocycles. The molecule has 0 amide bonds. The molecule has 0 aromatic heterocycles. The standard InChI is InChI=1S/C59H70N2O15/c1-30(2)15-14-24-57(12)25-23-39-47(74-57)38(21-16-31(3)4)49-42(48(39)72-53(67)35-17-19-37(20-18-35)70-54-46(64)45(63)50-40(71-54)29-69-56(10,11)73-50)44(62)43-41(36(27-60)28-61)33(6)51(65)58(26-22-32(5)52(66)68-13)59(43,75-49)34(7)55(8,9)76-58/h15-20,22-23,25,33-34,36,40-41,43,45-46,50,54,63-64H,14,21,24,26,29H2,1-13H3/b32-22-/t33-,34+,40+,41?,43?,45+,46+,50+,54+,57?,58?,59?/m0/s1. The van der Waals surface area contributed by atoms with Gasteiger partial charge in [0.1, 0.15) is 58.7 Å². The average molecular weight is 1050 g/mol. The van der Waals surface area contributed by atoms with Crippen molar-refractivity contribution in [2.75, 3.05) is 13.7 Å². The lowest BCUT2D eigenvalue weighted by atomic mass is 9.48. The summed E-state index contributed by atoms with van der Waals surface area (Å²) in [5.41, 5.74) is -3.22. The first-order valence-corrected chi connectivity index (χ1v) is 25.9. The van der Waals surface area contributed by atoms with E-state index in [0.29, 0.717) is 18.4 Å². The predicted molar refractivity (Wildman–Crippen MR) is 275 cm³/mol. The number of hydrogen-bond acceptors (Lipinski definition) is 17. The van der Waals surface area contributed by atoms with Gasteiger partial charge in [-0.25, -0.2) is 9.59 Å². The van der Waals surface area contributed by atoms with E-state index < -0.39 is 112 Å². The lowest BCUT2D eigenvalue weighted by molar-refractivity contribution is -0.373. The van der Waals surface area contributed by atoms with E-state index in [1.165, 1.54) is 37.5 Å². The van der Waals surface area contributed by atoms with Gasteiger partial charge in [0.2, 0.25) is 6.29 Å². The number of rotatable bonds is 13. The van der Waals surface area contributed by atoms with Gasteiger partial charge < -0.3 is 52.8 Å². The van der Waals surface area contributed by atoms with Gasteiger partial charge in [-0.3, -0.25) is 9.59 Å². The molecule has 1 saturated carbocycles. The van der Waals surface area contributed by atoms with Crippen molar-refractivity contribution >= 4 is 29.6 Å². The van der Waals surface area contributed by atoms with Gasteiger partial charge in [-0.1, -0.05) is 43.2 Å². The Kier molecular flexibility index (Phi) is 15.2. The third kappa shape index (κ3) is 9.58. The topological polar surface area (TPSA) is 239 Å². The van der Waals surface area contributed by atoms with Crippen molar-refractivity contribution < 1.29 is 72.0 Å². The number of benzene rings is 2. The maximum Gasteiger partial charge on any atom is 0.343 e. The van der Waals surface area contributed by atoms with E-state index in [0.717, 1.165) is 11.1 Å². The maximum atomic E-state index is 16.5. The van der Waals surface area contributed by atoms with Crippen molar-refractivity contribution in [3.63, 3.8) is 0 Å². The number of carbonyl (C=O) groups is 4. The summed E-state index contributed by atoms with van der Waals surface area (Å²) in [6.45, 7) is 21.8. The van der Waals surface area contributed by atoms with Crippen molar-refractivity contribution in [1.82, 2.24) is 0 Å². The van der Waals surface area contributed by atoms with Crippen LogP contribution in [0.3, 0.4) is 0 Å². The van der Waals surface area contributed by atoms with Gasteiger partial charge in [-0.05, 0) is 125 Å². The molecular weight excluding hydrogens is 977 g/mol. The monoisotopic (exact) mass is 1050 g/mol. The van der Waals surface area contributed by atoms with E-state index in [9.17, 15) is 30.3 Å². The highest BCUT2D eigenvalue weighted by Gasteiger charge is 2.81. The first-order chi connectivity index (χ1) is 35.7. The molecule has 1 aliphatic carbocycles. The van der Waals surface area contributed by atoms with Crippen LogP contribution in [0.25, 0.3) is 6.08 Å². The zero-order chi connectivity index (χ0) is 55.6. The summed E-state index contributed by atoms with van der Waals surface area (Å²) in [5, 5.41) is 43.4. The van der Waals surface area contributed by atoms with Crippen molar-refractivity contribution in [1.29, 1.82) is 10.5 Å². The van der Waals surface area contributed by atoms with E-state index in [1.54, 1.807) is 47.6 Å². The molecular formula is C59H70N2O15. The number of hydrogen-bond donors (Lipinski definition) is 2. The van der Waals surface area contributed by atoms with Crippen LogP contribution in [0.5, 0.6) is 23.0 Å². The summed E-state index contributed by atoms with van der Waals surface area (Å²) >= 11 is 0. The lowest BCUT2D eigenvalue weighted by Crippen LogP contribution is -2.75. The zero-order valence-corrected chi connectivity index (χ0v) is 45.6. The summed E-state index contributed by atoms with van der Waals surface area (Å²) in [6, 6.07) is 9.92. The highest BCUT2D eigenvalue weighted by molar-refractivity contribution is 6.10. The highest BCUT2D eigenvalue weighted by Crippen LogP contribution is 2.67. The highest BCUT2D eigenvalue weighted by atomic mass is 16.8. The van der Waals surface area contributed by atoms with E-state index in [1.807, 2.05) is 53.7 Å². The molecule has 5 heterocycles. The Morgan fingerprint density at radius 1 is 0.908 bits per heavy atom. The minimum absolute atomic E-state index is 0.0171. The lowest BCUT2D eigenvalue weighted by Gasteiger charge is -2.58. The fourth-order valence-electron chi connectivity index (χ4n) is 12.0. The van der Waals surface area contributed by atoms with Crippen LogP contribution in [0.1, 0.15) is 134 Å². The third-order valence-corrected chi connectivity index (χ3v) is 16.2. The quantitative estimate of drug-likeness (QED) is 0.0828. The van der Waals surface area contributed by atoms with Crippen LogP contribution >= 0.6 is 0 Å². The number of fused-ring (bicyclic) bond motifs is 3. The minimum atomic E-state index is -1.98. The average Bonchev–Trinajstić information content (AvgIpc) is 3.53. The smallest absolute Gasteiger partial charge is 0.343 e. The molecule has 0 radical (unpaired) electrons. The van der Waals surface area contributed by atoms with Crippen LogP contribution in [0.15, 0.2) is 65.3 Å². The number of allylic oxidation sites excluding steroid dienone is 4. The van der Waals surface area contributed by atoms with Gasteiger partial charge in [0, 0.05) is 35.3 Å². The van der Waals surface area contributed by atoms with Gasteiger partial charge in [0.25, 0.3) is 0 Å². The van der Waals surface area contributed by atoms with Gasteiger partial charge in [0.05, 0.1) is 48.5 Å². The van der Waals surface area contributed by atoms with Crippen molar-refractivity contribution in [2.45, 2.75) is 168 Å². The van der Waals surface area contributed by atoms with Crippen LogP contribution in [0.2, 0.25) is 0 Å². The molecule has 4 fully saturated rings. The molecule has 1 spiro atoms. The third-order valence-electron chi connectivity index (χ3n) is 16.2. The zero-order valence-electron chi connectivity index (χ0n) is 45.6. The molecule has 2 N–H and O–H groups in total. The van der Waals surface area contributed by atoms with Crippen LogP contribution in [0.4, 0.5) is 0 Å². The van der Waals surface area contributed by atoms with Crippen LogP contribution < -0.4 is 18.9 Å². The first-order valence-electron chi connectivity index (χ1n) is 25.9. The SMILES string of the molecule is COC(=O)/C(C)=C\CC12OC(C)(C)[C@@H](C)C13Oc1c(CC=C(C)C)c4c(c(OC(=O)c5ccc(O[C@@H]6O[C@@H]7COC(C)(C)O[C@H]7[C@H](O)[C@H]6O)cc5)c1C(=O)C3C(C(C#N)C#N)[C@H](C)C2=O)C=CC(C)(CCC=C(C)C)O4. The summed E-state index contributed by atoms with van der Waals surface area (Å²) in [7, 11) is 1.24. The number of nitriles is 2. The Morgan fingerprint density at radius 2 is 1.58 bits per heavy atom. The maximum absolute atomic E-state index is 16.5. The van der Waals surface area contributed by atoms with Gasteiger partial charge >= 0.3 is 11.9 Å². The van der Waals surface area contributed by atoms with Crippen molar-refractivity contribution in [3.05, 3.63) is 87.5 Å². The predicted octanol–water partition coefficient (Wildman–Crippen LogP) is 8.42. The summed E-state index contributed by atoms with van der Waals surface area (Å²) in [6.07, 6.45) is 4.54. The molecule has 12 atom stereocenters. The second-order valence-electron chi connectivity index (χ2n) is 22.7. The molecule has 2 aromatic carbocycles. The molecule has 5 aliphatic heterocycles. The molecule has 76 heavy (non-hydrogen) atoms. The second kappa shape index (κ2) is 20.6. The molecule has 17 heteroatoms. The number of nitrogens with zero attached hydrogens (tertiary/aromatic N) is 2. The molecule has 406 valence electrons. The Labute approximate surface area is 444 Å². The van der Waals surface area contributed by atoms with Gasteiger partial charge in [-0.2, -0.15) is 10.5 Å². The molecule has 8 rings (SSSR count). The molecule has 0 bridgehead atoms. The van der Waals surface area contributed by atoms with Crippen molar-refractivity contribution in [3.8, 4) is 35.1 Å². The Balaban J connectivity index is 1.30. The summed E-state index contributed by atoms with van der Waals surface area (Å²) < 4.78 is 56.8. The fourth-order valence-corrected chi connectivity index (χ4v) is 12.0. The molecule has 5 unspecified atom stereocenters. The Morgan fingerprint density at radius 3 is 2.21 bits per heavy atom. The number of aliphatic hydroxyl groups excluding tert-OH is 2. The fraction of sp³-hybridized carbons (Fsp3) is 0.559. The van der Waals surface area contributed by atoms with Crippen LogP contribution in [0, 0.1) is 52.3 Å². The number of carbonyl (C=O) groups excluding carboxylic acids is 4. The van der Waals surface area contributed by atoms with Gasteiger partial charge in [0.15, 0.2) is 34.3 Å². The van der Waals surface area contributed by atoms with Gasteiger partial charge in [-0.15, -0.1) is 0 Å². The van der Waals surface area contributed by atoms with E-state index in [2.05, 4.69) is 18.2 Å². The molecule has 17 nitrogen and oxygen atoms in total. The largest absolute Gasteiger partial charge is 0.482 e. The number of aliphatic hydroxyl groups is 2.